The number of carboxylic acids is 1. The molecule has 0 radical (unpaired) electrons. The van der Waals surface area contributed by atoms with Crippen molar-refractivity contribution < 1.29 is 19.4 Å². The molecule has 1 aliphatic rings. The summed E-state index contributed by atoms with van der Waals surface area (Å²) in [6.07, 6.45) is 2.37. The normalized spacial score (nSPS) is 29.1. The minimum absolute atomic E-state index is 0.103. The zero-order chi connectivity index (χ0) is 15.5. The smallest absolute Gasteiger partial charge is 0.304 e. The van der Waals surface area contributed by atoms with Crippen molar-refractivity contribution in [3.8, 4) is 5.75 Å². The number of methoxy groups -OCH3 is 1. The summed E-state index contributed by atoms with van der Waals surface area (Å²) in [5.41, 5.74) is 0.272. The van der Waals surface area contributed by atoms with Crippen molar-refractivity contribution in [3.05, 3.63) is 29.8 Å². The van der Waals surface area contributed by atoms with Crippen LogP contribution in [0.2, 0.25) is 0 Å². The molecule has 4 nitrogen and oxygen atoms in total. The van der Waals surface area contributed by atoms with Crippen LogP contribution in [0.15, 0.2) is 24.3 Å². The molecule has 0 spiro atoms. The topological polar surface area (TPSA) is 55.8 Å². The molecule has 1 heterocycles. The lowest BCUT2D eigenvalue weighted by atomic mass is 9.66. The minimum atomic E-state index is -0.777. The molecule has 1 aliphatic heterocycles. The number of para-hydroxylation sites is 1. The van der Waals surface area contributed by atoms with Crippen molar-refractivity contribution in [1.29, 1.82) is 0 Å². The van der Waals surface area contributed by atoms with Gasteiger partial charge in [0.05, 0.1) is 19.1 Å². The Bertz CT molecular complexity index is 513. The summed E-state index contributed by atoms with van der Waals surface area (Å²) in [5.74, 6) is -0.0136. The van der Waals surface area contributed by atoms with Crippen molar-refractivity contribution in [3.63, 3.8) is 0 Å². The van der Waals surface area contributed by atoms with Gasteiger partial charge < -0.3 is 14.6 Å². The summed E-state index contributed by atoms with van der Waals surface area (Å²) in [6, 6.07) is 7.75. The lowest BCUT2D eigenvalue weighted by Gasteiger charge is -2.46. The number of hydrogen-bond acceptors (Lipinski definition) is 3. The van der Waals surface area contributed by atoms with E-state index in [1.165, 1.54) is 0 Å². The minimum Gasteiger partial charge on any atom is -0.496 e. The van der Waals surface area contributed by atoms with E-state index in [9.17, 15) is 9.90 Å². The number of carboxylic acid groups (broad SMARTS) is 1. The molecule has 1 aromatic rings. The number of ether oxygens (including phenoxy) is 2. The molecule has 1 fully saturated rings. The van der Waals surface area contributed by atoms with E-state index in [1.54, 1.807) is 7.11 Å². The van der Waals surface area contributed by atoms with Crippen molar-refractivity contribution in [2.75, 3.05) is 13.7 Å². The fourth-order valence-corrected chi connectivity index (χ4v) is 3.42. The molecular formula is C17H24O4. The molecule has 4 heteroatoms. The summed E-state index contributed by atoms with van der Waals surface area (Å²) in [6.45, 7) is 4.73. The van der Waals surface area contributed by atoms with Crippen LogP contribution in [-0.2, 0) is 14.9 Å². The maximum absolute atomic E-state index is 11.5. The zero-order valence-corrected chi connectivity index (χ0v) is 13.0. The largest absolute Gasteiger partial charge is 0.496 e. The van der Waals surface area contributed by atoms with E-state index in [1.807, 2.05) is 24.3 Å². The molecule has 1 N–H and O–H groups in total. The van der Waals surface area contributed by atoms with Crippen LogP contribution in [0.5, 0.6) is 5.75 Å². The molecule has 0 unspecified atom stereocenters. The van der Waals surface area contributed by atoms with Crippen LogP contribution in [0.1, 0.15) is 45.1 Å². The molecule has 0 aliphatic carbocycles. The van der Waals surface area contributed by atoms with Gasteiger partial charge in [-0.15, -0.1) is 0 Å². The lowest BCUT2D eigenvalue weighted by molar-refractivity contribution is -0.143. The first-order chi connectivity index (χ1) is 9.95. The van der Waals surface area contributed by atoms with Gasteiger partial charge in [-0.25, -0.2) is 0 Å². The lowest BCUT2D eigenvalue weighted by Crippen LogP contribution is -2.46. The molecule has 0 bridgehead atoms. The number of hydrogen-bond donors (Lipinski definition) is 1. The quantitative estimate of drug-likeness (QED) is 0.904. The standard InChI is InChI=1S/C17H24O4/c1-4-16(2)12-17(9-10-21-16,11-15(18)19)13-7-5-6-8-14(13)20-3/h5-8H,4,9-12H2,1-3H3,(H,18,19)/t16-,17+/m1/s1. The van der Waals surface area contributed by atoms with Gasteiger partial charge >= 0.3 is 5.97 Å². The second-order valence-electron chi connectivity index (χ2n) is 6.13. The Labute approximate surface area is 126 Å². The molecule has 116 valence electrons. The Morgan fingerprint density at radius 1 is 1.43 bits per heavy atom. The van der Waals surface area contributed by atoms with Crippen LogP contribution in [0.3, 0.4) is 0 Å². The number of aliphatic carboxylic acids is 1. The maximum atomic E-state index is 11.5. The Hall–Kier alpha value is -1.55. The van der Waals surface area contributed by atoms with Crippen LogP contribution in [0, 0.1) is 0 Å². The first-order valence-electron chi connectivity index (χ1n) is 7.44. The van der Waals surface area contributed by atoms with Crippen molar-refractivity contribution >= 4 is 5.97 Å². The summed E-state index contributed by atoms with van der Waals surface area (Å²) >= 11 is 0. The van der Waals surface area contributed by atoms with Crippen LogP contribution in [-0.4, -0.2) is 30.4 Å². The zero-order valence-electron chi connectivity index (χ0n) is 13.0. The van der Waals surface area contributed by atoms with E-state index in [-0.39, 0.29) is 12.0 Å². The van der Waals surface area contributed by atoms with Gasteiger partial charge in [-0.3, -0.25) is 4.79 Å². The van der Waals surface area contributed by atoms with Gasteiger partial charge in [-0.05, 0) is 32.3 Å². The van der Waals surface area contributed by atoms with Gasteiger partial charge in [0.25, 0.3) is 0 Å². The van der Waals surface area contributed by atoms with E-state index in [2.05, 4.69) is 13.8 Å². The highest BCUT2D eigenvalue weighted by atomic mass is 16.5. The molecule has 21 heavy (non-hydrogen) atoms. The van der Waals surface area contributed by atoms with Gasteiger partial charge in [-0.2, -0.15) is 0 Å². The third-order valence-electron chi connectivity index (χ3n) is 4.66. The molecule has 2 atom stereocenters. The van der Waals surface area contributed by atoms with E-state index in [0.717, 1.165) is 17.7 Å². The molecule has 0 aromatic heterocycles. The predicted molar refractivity (Wildman–Crippen MR) is 80.8 cm³/mol. The molecule has 0 saturated carbocycles. The number of rotatable bonds is 5. The summed E-state index contributed by atoms with van der Waals surface area (Å²) in [4.78, 5) is 11.5. The second kappa shape index (κ2) is 6.06. The fraction of sp³-hybridized carbons (Fsp3) is 0.588. The molecule has 0 amide bonds. The average Bonchev–Trinajstić information content (AvgIpc) is 2.46. The SMILES string of the molecule is CC[C@]1(C)C[C@](CC(=O)O)(c2ccccc2OC)CCO1. The molecular weight excluding hydrogens is 268 g/mol. The predicted octanol–water partition coefficient (Wildman–Crippen LogP) is 3.39. The van der Waals surface area contributed by atoms with Crippen molar-refractivity contribution in [2.24, 2.45) is 0 Å². The molecule has 1 saturated heterocycles. The first-order valence-corrected chi connectivity index (χ1v) is 7.44. The summed E-state index contributed by atoms with van der Waals surface area (Å²) < 4.78 is 11.4. The van der Waals surface area contributed by atoms with Crippen molar-refractivity contribution in [2.45, 2.75) is 50.5 Å². The maximum Gasteiger partial charge on any atom is 0.304 e. The van der Waals surface area contributed by atoms with E-state index >= 15 is 0 Å². The van der Waals surface area contributed by atoms with Crippen LogP contribution < -0.4 is 4.74 Å². The highest BCUT2D eigenvalue weighted by Gasteiger charge is 2.46. The third kappa shape index (κ3) is 3.21. The van der Waals surface area contributed by atoms with Gasteiger partial charge in [0.15, 0.2) is 0 Å². The van der Waals surface area contributed by atoms with Gasteiger partial charge in [-0.1, -0.05) is 25.1 Å². The van der Waals surface area contributed by atoms with Gasteiger partial charge in [0.1, 0.15) is 5.75 Å². The van der Waals surface area contributed by atoms with E-state index in [0.29, 0.717) is 19.4 Å². The number of carbonyl (C=O) groups is 1. The molecule has 1 aromatic carbocycles. The Kier molecular flexibility index (Phi) is 4.57. The van der Waals surface area contributed by atoms with Crippen LogP contribution in [0.25, 0.3) is 0 Å². The Balaban J connectivity index is 2.49. The second-order valence-corrected chi connectivity index (χ2v) is 6.13. The van der Waals surface area contributed by atoms with Crippen LogP contribution in [0.4, 0.5) is 0 Å². The Morgan fingerprint density at radius 3 is 2.76 bits per heavy atom. The highest BCUT2D eigenvalue weighted by Crippen LogP contribution is 2.47. The Morgan fingerprint density at radius 2 is 2.14 bits per heavy atom. The third-order valence-corrected chi connectivity index (χ3v) is 4.66. The fourth-order valence-electron chi connectivity index (χ4n) is 3.42. The van der Waals surface area contributed by atoms with Gasteiger partial charge in [0, 0.05) is 17.6 Å². The first kappa shape index (κ1) is 15.8. The van der Waals surface area contributed by atoms with Crippen LogP contribution >= 0.6 is 0 Å². The van der Waals surface area contributed by atoms with Crippen molar-refractivity contribution in [1.82, 2.24) is 0 Å². The number of benzene rings is 1. The summed E-state index contributed by atoms with van der Waals surface area (Å²) in [5, 5.41) is 9.42. The summed E-state index contributed by atoms with van der Waals surface area (Å²) in [7, 11) is 1.63. The van der Waals surface area contributed by atoms with Gasteiger partial charge in [0.2, 0.25) is 0 Å². The highest BCUT2D eigenvalue weighted by molar-refractivity contribution is 5.69. The molecule has 2 rings (SSSR count). The monoisotopic (exact) mass is 292 g/mol. The van der Waals surface area contributed by atoms with E-state index < -0.39 is 11.4 Å². The van der Waals surface area contributed by atoms with E-state index in [4.69, 9.17) is 9.47 Å². The average molecular weight is 292 g/mol.